The Bertz CT molecular complexity index is 886. The molecule has 0 bridgehead atoms. The molecule has 0 aromatic heterocycles. The number of hydrogen-bond acceptors (Lipinski definition) is 4. The molecule has 27 heavy (non-hydrogen) atoms. The molecule has 1 fully saturated rings. The Morgan fingerprint density at radius 2 is 1.93 bits per heavy atom. The minimum absolute atomic E-state index is 0.0791. The second kappa shape index (κ2) is 7.48. The van der Waals surface area contributed by atoms with E-state index in [1.165, 1.54) is 0 Å². The summed E-state index contributed by atoms with van der Waals surface area (Å²) in [6.07, 6.45) is 0.183. The zero-order valence-corrected chi connectivity index (χ0v) is 15.4. The largest absolute Gasteiger partial charge is 0.486 e. The number of hydrogen-bond donors (Lipinski definition) is 1. The fraction of sp³-hybridized carbons (Fsp3) is 0.300. The van der Waals surface area contributed by atoms with Crippen molar-refractivity contribution < 1.29 is 19.1 Å². The summed E-state index contributed by atoms with van der Waals surface area (Å²) in [7, 11) is 0. The highest BCUT2D eigenvalue weighted by atomic mass is 35.5. The second-order valence-electron chi connectivity index (χ2n) is 6.54. The first-order chi connectivity index (χ1) is 13.1. The third-order valence-electron chi connectivity index (χ3n) is 4.74. The van der Waals surface area contributed by atoms with Crippen LogP contribution < -0.4 is 19.7 Å². The van der Waals surface area contributed by atoms with E-state index in [4.69, 9.17) is 21.1 Å². The van der Waals surface area contributed by atoms with Gasteiger partial charge in [0.05, 0.1) is 5.92 Å². The molecule has 0 aliphatic carbocycles. The van der Waals surface area contributed by atoms with Gasteiger partial charge in [0.25, 0.3) is 0 Å². The van der Waals surface area contributed by atoms with Crippen LogP contribution in [-0.4, -0.2) is 31.6 Å². The van der Waals surface area contributed by atoms with Crippen LogP contribution in [0, 0.1) is 5.92 Å². The Kier molecular flexibility index (Phi) is 4.90. The highest BCUT2D eigenvalue weighted by molar-refractivity contribution is 6.31. The Balaban J connectivity index is 1.41. The van der Waals surface area contributed by atoms with Crippen LogP contribution in [0.5, 0.6) is 11.5 Å². The van der Waals surface area contributed by atoms with Crippen molar-refractivity contribution in [2.75, 3.05) is 24.7 Å². The summed E-state index contributed by atoms with van der Waals surface area (Å²) >= 11 is 6.12. The van der Waals surface area contributed by atoms with Gasteiger partial charge in [-0.1, -0.05) is 29.8 Å². The molecule has 1 unspecified atom stereocenters. The molecule has 0 radical (unpaired) electrons. The molecule has 2 aliphatic rings. The predicted molar refractivity (Wildman–Crippen MR) is 101 cm³/mol. The maximum atomic E-state index is 12.5. The van der Waals surface area contributed by atoms with E-state index < -0.39 is 5.92 Å². The van der Waals surface area contributed by atoms with Gasteiger partial charge in [0.1, 0.15) is 13.2 Å². The van der Waals surface area contributed by atoms with E-state index in [0.717, 1.165) is 5.56 Å². The molecule has 2 aromatic rings. The van der Waals surface area contributed by atoms with Gasteiger partial charge < -0.3 is 19.7 Å². The van der Waals surface area contributed by atoms with E-state index in [9.17, 15) is 9.59 Å². The first-order valence-corrected chi connectivity index (χ1v) is 9.21. The van der Waals surface area contributed by atoms with Crippen LogP contribution in [0.25, 0.3) is 0 Å². The number of nitrogens with one attached hydrogen (secondary N) is 1. The van der Waals surface area contributed by atoms with Gasteiger partial charge in [-0.3, -0.25) is 9.59 Å². The first-order valence-electron chi connectivity index (χ1n) is 8.83. The molecule has 2 heterocycles. The molecule has 1 N–H and O–H groups in total. The van der Waals surface area contributed by atoms with Crippen molar-refractivity contribution in [3.05, 3.63) is 53.1 Å². The number of fused-ring (bicyclic) bond motifs is 1. The van der Waals surface area contributed by atoms with Crippen molar-refractivity contribution in [2.45, 2.75) is 13.0 Å². The highest BCUT2D eigenvalue weighted by Crippen LogP contribution is 2.36. The first kappa shape index (κ1) is 17.7. The molecular formula is C20H19ClN2O4. The average molecular weight is 387 g/mol. The van der Waals surface area contributed by atoms with E-state index in [1.807, 2.05) is 24.3 Å². The zero-order valence-electron chi connectivity index (χ0n) is 14.6. The van der Waals surface area contributed by atoms with E-state index in [-0.39, 0.29) is 18.2 Å². The van der Waals surface area contributed by atoms with E-state index >= 15 is 0 Å². The number of halogens is 1. The quantitative estimate of drug-likeness (QED) is 0.877. The monoisotopic (exact) mass is 386 g/mol. The van der Waals surface area contributed by atoms with Crippen LogP contribution in [0.15, 0.2) is 42.5 Å². The normalized spacial score (nSPS) is 18.5. The molecule has 2 aliphatic heterocycles. The Hall–Kier alpha value is -2.73. The van der Waals surface area contributed by atoms with Gasteiger partial charge in [-0.25, -0.2) is 0 Å². The second-order valence-corrected chi connectivity index (χ2v) is 6.95. The SMILES string of the molecule is O=C(NCc1ccccc1Cl)C1CC(=O)N(c2ccc3c(c2)OCCO3)C1. The van der Waals surface area contributed by atoms with Gasteiger partial charge in [0.2, 0.25) is 11.8 Å². The summed E-state index contributed by atoms with van der Waals surface area (Å²) in [6, 6.07) is 12.8. The van der Waals surface area contributed by atoms with Crippen molar-refractivity contribution in [1.82, 2.24) is 5.32 Å². The lowest BCUT2D eigenvalue weighted by Gasteiger charge is -2.22. The number of amides is 2. The lowest BCUT2D eigenvalue weighted by atomic mass is 10.1. The molecule has 2 aromatic carbocycles. The number of benzene rings is 2. The molecule has 4 rings (SSSR count). The number of nitrogens with zero attached hydrogens (tertiary/aromatic N) is 1. The van der Waals surface area contributed by atoms with Crippen LogP contribution in [0.4, 0.5) is 5.69 Å². The van der Waals surface area contributed by atoms with Crippen molar-refractivity contribution in [1.29, 1.82) is 0 Å². The molecule has 0 saturated carbocycles. The third kappa shape index (κ3) is 3.71. The predicted octanol–water partition coefficient (Wildman–Crippen LogP) is 2.78. The van der Waals surface area contributed by atoms with Crippen molar-refractivity contribution in [3.8, 4) is 11.5 Å². The van der Waals surface area contributed by atoms with Gasteiger partial charge in [-0.2, -0.15) is 0 Å². The fourth-order valence-electron chi connectivity index (χ4n) is 3.30. The van der Waals surface area contributed by atoms with Crippen LogP contribution >= 0.6 is 11.6 Å². The summed E-state index contributed by atoms with van der Waals surface area (Å²) in [5.41, 5.74) is 1.56. The summed E-state index contributed by atoms with van der Waals surface area (Å²) in [4.78, 5) is 26.6. The number of anilines is 1. The molecule has 1 saturated heterocycles. The van der Waals surface area contributed by atoms with E-state index in [2.05, 4.69) is 5.32 Å². The maximum Gasteiger partial charge on any atom is 0.227 e. The standard InChI is InChI=1S/C20H19ClN2O4/c21-16-4-2-1-3-13(16)11-22-20(25)14-9-19(24)23(12-14)15-5-6-17-18(10-15)27-8-7-26-17/h1-6,10,14H,7-9,11-12H2,(H,22,25). The van der Waals surface area contributed by atoms with E-state index in [0.29, 0.717) is 48.5 Å². The summed E-state index contributed by atoms with van der Waals surface area (Å²) in [6.45, 7) is 1.68. The molecule has 1 atom stereocenters. The molecule has 0 spiro atoms. The lowest BCUT2D eigenvalue weighted by Crippen LogP contribution is -2.32. The Morgan fingerprint density at radius 1 is 1.15 bits per heavy atom. The van der Waals surface area contributed by atoms with E-state index in [1.54, 1.807) is 23.1 Å². The highest BCUT2D eigenvalue weighted by Gasteiger charge is 2.35. The van der Waals surface area contributed by atoms with Gasteiger partial charge in [-0.15, -0.1) is 0 Å². The van der Waals surface area contributed by atoms with Crippen molar-refractivity contribution >= 4 is 29.1 Å². The van der Waals surface area contributed by atoms with Crippen LogP contribution in [-0.2, 0) is 16.1 Å². The fourth-order valence-corrected chi connectivity index (χ4v) is 3.50. The molecule has 6 nitrogen and oxygen atoms in total. The number of ether oxygens (including phenoxy) is 2. The number of carbonyl (C=O) groups is 2. The number of carbonyl (C=O) groups excluding carboxylic acids is 2. The molecule has 140 valence electrons. The molecule has 7 heteroatoms. The minimum Gasteiger partial charge on any atom is -0.486 e. The third-order valence-corrected chi connectivity index (χ3v) is 5.11. The van der Waals surface area contributed by atoms with Gasteiger partial charge >= 0.3 is 0 Å². The number of rotatable bonds is 4. The topological polar surface area (TPSA) is 67.9 Å². The Morgan fingerprint density at radius 3 is 2.74 bits per heavy atom. The Labute approximate surface area is 162 Å². The van der Waals surface area contributed by atoms with Gasteiger partial charge in [-0.05, 0) is 23.8 Å². The minimum atomic E-state index is -0.395. The van der Waals surface area contributed by atoms with Crippen molar-refractivity contribution in [2.24, 2.45) is 5.92 Å². The smallest absolute Gasteiger partial charge is 0.227 e. The molecular weight excluding hydrogens is 368 g/mol. The summed E-state index contributed by atoms with van der Waals surface area (Å²) in [5, 5.41) is 3.49. The van der Waals surface area contributed by atoms with Crippen molar-refractivity contribution in [3.63, 3.8) is 0 Å². The average Bonchev–Trinajstić information content (AvgIpc) is 3.08. The van der Waals surface area contributed by atoms with Crippen LogP contribution in [0.2, 0.25) is 5.02 Å². The van der Waals surface area contributed by atoms with Crippen LogP contribution in [0.1, 0.15) is 12.0 Å². The lowest BCUT2D eigenvalue weighted by molar-refractivity contribution is -0.126. The maximum absolute atomic E-state index is 12.5. The van der Waals surface area contributed by atoms with Gasteiger partial charge in [0, 0.05) is 36.3 Å². The summed E-state index contributed by atoms with van der Waals surface area (Å²) in [5.74, 6) is 0.671. The summed E-state index contributed by atoms with van der Waals surface area (Å²) < 4.78 is 11.1. The van der Waals surface area contributed by atoms with Crippen LogP contribution in [0.3, 0.4) is 0 Å². The molecule has 2 amide bonds. The zero-order chi connectivity index (χ0) is 18.8. The van der Waals surface area contributed by atoms with Gasteiger partial charge in [0.15, 0.2) is 11.5 Å².